The number of rotatable bonds is 9. The zero-order valence-electron chi connectivity index (χ0n) is 18.3. The Bertz CT molecular complexity index is 1040. The third-order valence-electron chi connectivity index (χ3n) is 5.03. The van der Waals surface area contributed by atoms with Crippen LogP contribution in [0.4, 0.5) is 5.69 Å². The second-order valence-electron chi connectivity index (χ2n) is 7.28. The Hall–Kier alpha value is -1.96. The van der Waals surface area contributed by atoms with Crippen molar-refractivity contribution in [3.8, 4) is 5.75 Å². The molecule has 0 bridgehead atoms. The third kappa shape index (κ3) is 6.05. The van der Waals surface area contributed by atoms with Crippen LogP contribution >= 0.6 is 23.2 Å². The standard InChI is InChI=1S/C22H28Cl2N2O4S/c1-6-19(15-8-11-21(30-4)14(3)12-15)25-22(27)20(7-2)26(31(5,28)29)16-9-10-17(23)18(24)13-16/h8-13,19-20H,6-7H2,1-5H3,(H,25,27)/t19-,20-/m1/s1. The first-order valence-corrected chi connectivity index (χ1v) is 12.5. The van der Waals surface area contributed by atoms with E-state index in [0.717, 1.165) is 27.4 Å². The molecule has 2 atom stereocenters. The average Bonchev–Trinajstić information content (AvgIpc) is 2.71. The Morgan fingerprint density at radius 2 is 1.77 bits per heavy atom. The Kier molecular flexibility index (Phi) is 8.63. The van der Waals surface area contributed by atoms with Crippen LogP contribution in [-0.4, -0.2) is 33.7 Å². The monoisotopic (exact) mass is 486 g/mol. The van der Waals surface area contributed by atoms with Crippen molar-refractivity contribution in [1.29, 1.82) is 0 Å². The number of methoxy groups -OCH3 is 1. The summed E-state index contributed by atoms with van der Waals surface area (Å²) in [4.78, 5) is 13.2. The van der Waals surface area contributed by atoms with Gasteiger partial charge in [0.2, 0.25) is 15.9 Å². The SMILES string of the molecule is CC[C@H](C(=O)N[C@H](CC)c1ccc(OC)c(C)c1)N(c1ccc(Cl)c(Cl)c1)S(C)(=O)=O. The van der Waals surface area contributed by atoms with Gasteiger partial charge in [0.05, 0.1) is 35.1 Å². The van der Waals surface area contributed by atoms with E-state index in [2.05, 4.69) is 5.32 Å². The van der Waals surface area contributed by atoms with E-state index in [4.69, 9.17) is 27.9 Å². The van der Waals surface area contributed by atoms with Crippen LogP contribution in [0.25, 0.3) is 0 Å². The highest BCUT2D eigenvalue weighted by atomic mass is 35.5. The van der Waals surface area contributed by atoms with E-state index in [0.29, 0.717) is 11.4 Å². The van der Waals surface area contributed by atoms with Crippen molar-refractivity contribution in [2.75, 3.05) is 17.7 Å². The molecular weight excluding hydrogens is 459 g/mol. The molecule has 0 saturated heterocycles. The van der Waals surface area contributed by atoms with Gasteiger partial charge in [0, 0.05) is 0 Å². The predicted octanol–water partition coefficient (Wildman–Crippen LogP) is 5.12. The molecule has 2 rings (SSSR count). The predicted molar refractivity (Wildman–Crippen MR) is 127 cm³/mol. The van der Waals surface area contributed by atoms with Crippen molar-refractivity contribution in [2.24, 2.45) is 0 Å². The molecule has 0 aliphatic rings. The van der Waals surface area contributed by atoms with E-state index in [-0.39, 0.29) is 29.1 Å². The topological polar surface area (TPSA) is 75.7 Å². The number of sulfonamides is 1. The summed E-state index contributed by atoms with van der Waals surface area (Å²) in [5, 5.41) is 3.52. The first-order valence-electron chi connectivity index (χ1n) is 9.92. The smallest absolute Gasteiger partial charge is 0.244 e. The van der Waals surface area contributed by atoms with Crippen LogP contribution in [-0.2, 0) is 14.8 Å². The molecule has 1 N–H and O–H groups in total. The van der Waals surface area contributed by atoms with Gasteiger partial charge >= 0.3 is 0 Å². The summed E-state index contributed by atoms with van der Waals surface area (Å²) in [7, 11) is -2.17. The molecular formula is C22H28Cl2N2O4S. The number of ether oxygens (including phenoxy) is 1. The highest BCUT2D eigenvalue weighted by molar-refractivity contribution is 7.92. The highest BCUT2D eigenvalue weighted by Crippen LogP contribution is 2.31. The van der Waals surface area contributed by atoms with Crippen LogP contribution in [0.2, 0.25) is 10.0 Å². The van der Waals surface area contributed by atoms with E-state index in [9.17, 15) is 13.2 Å². The summed E-state index contributed by atoms with van der Waals surface area (Å²) in [5.41, 5.74) is 2.16. The second kappa shape index (κ2) is 10.6. The molecule has 0 radical (unpaired) electrons. The van der Waals surface area contributed by atoms with Crippen LogP contribution in [0, 0.1) is 6.92 Å². The second-order valence-corrected chi connectivity index (χ2v) is 9.95. The van der Waals surface area contributed by atoms with Gasteiger partial charge in [0.15, 0.2) is 0 Å². The number of amides is 1. The Balaban J connectivity index is 2.38. The van der Waals surface area contributed by atoms with E-state index >= 15 is 0 Å². The molecule has 6 nitrogen and oxygen atoms in total. The summed E-state index contributed by atoms with van der Waals surface area (Å²) >= 11 is 12.1. The lowest BCUT2D eigenvalue weighted by Crippen LogP contribution is -2.50. The normalized spacial score (nSPS) is 13.4. The van der Waals surface area contributed by atoms with Crippen LogP contribution < -0.4 is 14.4 Å². The molecule has 9 heteroatoms. The third-order valence-corrected chi connectivity index (χ3v) is 6.95. The van der Waals surface area contributed by atoms with E-state index < -0.39 is 16.1 Å². The number of hydrogen-bond acceptors (Lipinski definition) is 4. The van der Waals surface area contributed by atoms with Gasteiger partial charge < -0.3 is 10.1 Å². The van der Waals surface area contributed by atoms with Gasteiger partial charge in [-0.1, -0.05) is 49.2 Å². The molecule has 0 aliphatic heterocycles. The molecule has 31 heavy (non-hydrogen) atoms. The maximum Gasteiger partial charge on any atom is 0.244 e. The Morgan fingerprint density at radius 3 is 2.26 bits per heavy atom. The summed E-state index contributed by atoms with van der Waals surface area (Å²) in [5.74, 6) is 0.374. The number of hydrogen-bond donors (Lipinski definition) is 1. The summed E-state index contributed by atoms with van der Waals surface area (Å²) < 4.78 is 31.7. The number of carbonyl (C=O) groups excluding carboxylic acids is 1. The van der Waals surface area contributed by atoms with E-state index in [1.54, 1.807) is 14.0 Å². The lowest BCUT2D eigenvalue weighted by atomic mass is 10.0. The molecule has 170 valence electrons. The largest absolute Gasteiger partial charge is 0.496 e. The van der Waals surface area contributed by atoms with Crippen LogP contribution in [0.15, 0.2) is 36.4 Å². The minimum atomic E-state index is -3.77. The van der Waals surface area contributed by atoms with Crippen LogP contribution in [0.5, 0.6) is 5.75 Å². The molecule has 0 heterocycles. The van der Waals surface area contributed by atoms with E-state index in [1.807, 2.05) is 32.0 Å². The Labute approximate surface area is 194 Å². The number of anilines is 1. The van der Waals surface area contributed by atoms with E-state index in [1.165, 1.54) is 18.2 Å². The summed E-state index contributed by atoms with van der Waals surface area (Å²) in [6, 6.07) is 8.99. The van der Waals surface area contributed by atoms with Gasteiger partial charge in [-0.05, 0) is 55.2 Å². The minimum Gasteiger partial charge on any atom is -0.496 e. The summed E-state index contributed by atoms with van der Waals surface area (Å²) in [6.07, 6.45) is 1.98. The number of benzene rings is 2. The Morgan fingerprint density at radius 1 is 1.10 bits per heavy atom. The van der Waals surface area contributed by atoms with Crippen LogP contribution in [0.1, 0.15) is 43.9 Å². The van der Waals surface area contributed by atoms with Gasteiger partial charge in [-0.15, -0.1) is 0 Å². The van der Waals surface area contributed by atoms with Gasteiger partial charge in [0.1, 0.15) is 11.8 Å². The molecule has 0 aromatic heterocycles. The molecule has 0 unspecified atom stereocenters. The fraction of sp³-hybridized carbons (Fsp3) is 0.409. The molecule has 0 fully saturated rings. The lowest BCUT2D eigenvalue weighted by molar-refractivity contribution is -0.123. The molecule has 2 aromatic carbocycles. The fourth-order valence-electron chi connectivity index (χ4n) is 3.49. The van der Waals surface area contributed by atoms with Crippen molar-refractivity contribution < 1.29 is 17.9 Å². The molecule has 0 spiro atoms. The fourth-order valence-corrected chi connectivity index (χ4v) is 4.99. The average molecular weight is 487 g/mol. The van der Waals surface area contributed by atoms with Gasteiger partial charge in [-0.3, -0.25) is 9.10 Å². The van der Waals surface area contributed by atoms with Crippen molar-refractivity contribution in [3.05, 3.63) is 57.6 Å². The van der Waals surface area contributed by atoms with Crippen molar-refractivity contribution in [1.82, 2.24) is 5.32 Å². The highest BCUT2D eigenvalue weighted by Gasteiger charge is 2.33. The number of aryl methyl sites for hydroxylation is 1. The van der Waals surface area contributed by atoms with Gasteiger partial charge in [-0.25, -0.2) is 8.42 Å². The number of halogens is 2. The zero-order chi connectivity index (χ0) is 23.3. The number of carbonyl (C=O) groups is 1. The molecule has 2 aromatic rings. The lowest BCUT2D eigenvalue weighted by Gasteiger charge is -2.31. The maximum absolute atomic E-state index is 13.2. The van der Waals surface area contributed by atoms with Crippen molar-refractivity contribution in [3.63, 3.8) is 0 Å². The maximum atomic E-state index is 13.2. The van der Waals surface area contributed by atoms with Gasteiger partial charge in [0.25, 0.3) is 0 Å². The molecule has 1 amide bonds. The number of nitrogens with zero attached hydrogens (tertiary/aromatic N) is 1. The first-order chi connectivity index (χ1) is 14.5. The van der Waals surface area contributed by atoms with Crippen molar-refractivity contribution >= 4 is 44.8 Å². The zero-order valence-corrected chi connectivity index (χ0v) is 20.6. The van der Waals surface area contributed by atoms with Gasteiger partial charge in [-0.2, -0.15) is 0 Å². The minimum absolute atomic E-state index is 0.211. The molecule has 0 saturated carbocycles. The molecule has 0 aliphatic carbocycles. The van der Waals surface area contributed by atoms with Crippen molar-refractivity contribution in [2.45, 2.75) is 45.7 Å². The number of nitrogens with one attached hydrogen (secondary N) is 1. The first kappa shape index (κ1) is 25.3. The summed E-state index contributed by atoms with van der Waals surface area (Å²) in [6.45, 7) is 5.65. The quantitative estimate of drug-likeness (QED) is 0.533. The van der Waals surface area contributed by atoms with Crippen LogP contribution in [0.3, 0.4) is 0 Å².